The smallest absolute Gasteiger partial charge is 0.335 e. The number of nitrogens with zero attached hydrogens (tertiary/aromatic N) is 1. The van der Waals surface area contributed by atoms with Gasteiger partial charge in [0.05, 0.1) is 11.3 Å². The number of carboxylic acid groups (broad SMARTS) is 1. The van der Waals surface area contributed by atoms with Crippen LogP contribution < -0.4 is 5.73 Å². The summed E-state index contributed by atoms with van der Waals surface area (Å²) in [5.41, 5.74) is 7.07. The molecule has 0 aliphatic heterocycles. The molecule has 0 spiro atoms. The Morgan fingerprint density at radius 2 is 1.87 bits per heavy atom. The van der Waals surface area contributed by atoms with E-state index in [9.17, 15) is 4.79 Å². The Kier molecular flexibility index (Phi) is 3.62. The molecule has 78 valence electrons. The van der Waals surface area contributed by atoms with Gasteiger partial charge in [0.25, 0.3) is 0 Å². The van der Waals surface area contributed by atoms with Gasteiger partial charge in [0.2, 0.25) is 0 Å². The molecule has 4 nitrogen and oxygen atoms in total. The lowest BCUT2D eigenvalue weighted by Crippen LogP contribution is -2.00. The monoisotopic (exact) mass is 204 g/mol. The van der Waals surface area contributed by atoms with Crippen LogP contribution in [0.5, 0.6) is 0 Å². The molecule has 0 atom stereocenters. The van der Waals surface area contributed by atoms with E-state index in [2.05, 4.69) is 4.99 Å². The van der Waals surface area contributed by atoms with Gasteiger partial charge in [-0.25, -0.2) is 4.79 Å². The van der Waals surface area contributed by atoms with Gasteiger partial charge >= 0.3 is 5.97 Å². The number of carbonyl (C=O) groups is 1. The summed E-state index contributed by atoms with van der Waals surface area (Å²) >= 11 is 0. The summed E-state index contributed by atoms with van der Waals surface area (Å²) < 4.78 is 0. The number of carboxylic acids is 1. The summed E-state index contributed by atoms with van der Waals surface area (Å²) in [5.74, 6) is -0.939. The van der Waals surface area contributed by atoms with Crippen molar-refractivity contribution < 1.29 is 9.90 Å². The molecule has 0 amide bonds. The number of allylic oxidation sites excluding steroid dienone is 1. The molecule has 3 N–H and O–H groups in total. The summed E-state index contributed by atoms with van der Waals surface area (Å²) in [5, 5.41) is 8.71. The highest BCUT2D eigenvalue weighted by Gasteiger charge is 2.03. The van der Waals surface area contributed by atoms with Crippen LogP contribution >= 0.6 is 0 Å². The number of hydrogen-bond donors (Lipinski definition) is 2. The lowest BCUT2D eigenvalue weighted by Gasteiger charge is -2.00. The molecular weight excluding hydrogens is 192 g/mol. The molecule has 0 aromatic heterocycles. The van der Waals surface area contributed by atoms with Crippen molar-refractivity contribution in [3.63, 3.8) is 0 Å². The van der Waals surface area contributed by atoms with Crippen molar-refractivity contribution in [3.8, 4) is 0 Å². The third kappa shape index (κ3) is 2.67. The minimum Gasteiger partial charge on any atom is -0.478 e. The Balaban J connectivity index is 3.02. The average Bonchev–Trinajstić information content (AvgIpc) is 2.26. The number of aromatic carboxylic acids is 1. The zero-order chi connectivity index (χ0) is 11.3. The molecular formula is C11H12N2O2. The van der Waals surface area contributed by atoms with Crippen LogP contribution in [0.1, 0.15) is 15.9 Å². The molecule has 0 fully saturated rings. The Morgan fingerprint density at radius 3 is 2.27 bits per heavy atom. The fourth-order valence-electron chi connectivity index (χ4n) is 1.17. The van der Waals surface area contributed by atoms with Crippen molar-refractivity contribution in [2.24, 2.45) is 10.7 Å². The van der Waals surface area contributed by atoms with E-state index in [-0.39, 0.29) is 5.56 Å². The molecule has 15 heavy (non-hydrogen) atoms. The van der Waals surface area contributed by atoms with Gasteiger partial charge in [0.1, 0.15) is 0 Å². The molecule has 0 bridgehead atoms. The van der Waals surface area contributed by atoms with Crippen LogP contribution in [0.15, 0.2) is 41.5 Å². The van der Waals surface area contributed by atoms with Crippen molar-refractivity contribution in [2.75, 3.05) is 7.05 Å². The zero-order valence-corrected chi connectivity index (χ0v) is 8.34. The first kappa shape index (κ1) is 11.0. The van der Waals surface area contributed by atoms with Crippen LogP contribution in [0.4, 0.5) is 0 Å². The molecule has 1 aromatic rings. The first-order valence-electron chi connectivity index (χ1n) is 4.38. The van der Waals surface area contributed by atoms with Gasteiger partial charge in [-0.2, -0.15) is 0 Å². The first-order chi connectivity index (χ1) is 7.19. The van der Waals surface area contributed by atoms with Crippen molar-refractivity contribution in [3.05, 3.63) is 47.7 Å². The Bertz CT molecular complexity index is 405. The average molecular weight is 204 g/mol. The number of aliphatic imine (C=N–C) groups is 1. The second-order valence-corrected chi connectivity index (χ2v) is 2.85. The highest BCUT2D eigenvalue weighted by molar-refractivity contribution is 6.08. The van der Waals surface area contributed by atoms with Gasteiger partial charge in [-0.05, 0) is 30.0 Å². The van der Waals surface area contributed by atoms with Crippen molar-refractivity contribution in [1.82, 2.24) is 0 Å². The fourth-order valence-corrected chi connectivity index (χ4v) is 1.17. The van der Waals surface area contributed by atoms with Crippen LogP contribution in [0, 0.1) is 0 Å². The number of nitrogens with two attached hydrogens (primary N) is 1. The summed E-state index contributed by atoms with van der Waals surface area (Å²) in [6, 6.07) is 6.47. The molecule has 0 radical (unpaired) electrons. The van der Waals surface area contributed by atoms with E-state index in [1.165, 1.54) is 18.3 Å². The summed E-state index contributed by atoms with van der Waals surface area (Å²) in [7, 11) is 1.65. The van der Waals surface area contributed by atoms with E-state index < -0.39 is 5.97 Å². The van der Waals surface area contributed by atoms with Crippen LogP contribution in [0.3, 0.4) is 0 Å². The third-order valence-corrected chi connectivity index (χ3v) is 1.92. The van der Waals surface area contributed by atoms with Gasteiger partial charge in [-0.15, -0.1) is 0 Å². The molecule has 0 unspecified atom stereocenters. The maximum Gasteiger partial charge on any atom is 0.335 e. The van der Waals surface area contributed by atoms with E-state index in [1.807, 2.05) is 0 Å². The van der Waals surface area contributed by atoms with Crippen LogP contribution in [-0.4, -0.2) is 23.8 Å². The van der Waals surface area contributed by atoms with Crippen LogP contribution in [0.2, 0.25) is 0 Å². The maximum atomic E-state index is 10.6. The lowest BCUT2D eigenvalue weighted by atomic mass is 10.1. The quantitative estimate of drug-likeness (QED) is 0.728. The summed E-state index contributed by atoms with van der Waals surface area (Å²) in [6.45, 7) is 0. The molecule has 1 aromatic carbocycles. The third-order valence-electron chi connectivity index (χ3n) is 1.92. The molecule has 1 rings (SSSR count). The van der Waals surface area contributed by atoms with Crippen LogP contribution in [-0.2, 0) is 0 Å². The van der Waals surface area contributed by atoms with E-state index >= 15 is 0 Å². The predicted octanol–water partition coefficient (Wildman–Crippen LogP) is 1.28. The lowest BCUT2D eigenvalue weighted by molar-refractivity contribution is 0.0697. The molecule has 0 aliphatic rings. The number of hydrogen-bond acceptors (Lipinski definition) is 3. The van der Waals surface area contributed by atoms with Gasteiger partial charge in [-0.1, -0.05) is 12.1 Å². The minimum atomic E-state index is -0.939. The second-order valence-electron chi connectivity index (χ2n) is 2.85. The largest absolute Gasteiger partial charge is 0.478 e. The van der Waals surface area contributed by atoms with Crippen molar-refractivity contribution >= 4 is 11.7 Å². The predicted molar refractivity (Wildman–Crippen MR) is 59.2 cm³/mol. The Hall–Kier alpha value is -2.10. The first-order valence-corrected chi connectivity index (χ1v) is 4.38. The van der Waals surface area contributed by atoms with Gasteiger partial charge < -0.3 is 10.8 Å². The molecule has 0 heterocycles. The van der Waals surface area contributed by atoms with Gasteiger partial charge in [0.15, 0.2) is 0 Å². The highest BCUT2D eigenvalue weighted by atomic mass is 16.4. The molecule has 0 aliphatic carbocycles. The Labute approximate surface area is 87.8 Å². The maximum absolute atomic E-state index is 10.6. The second kappa shape index (κ2) is 4.95. The molecule has 0 saturated heterocycles. The van der Waals surface area contributed by atoms with E-state index in [1.54, 1.807) is 25.3 Å². The van der Waals surface area contributed by atoms with Crippen LogP contribution in [0.25, 0.3) is 0 Å². The minimum absolute atomic E-state index is 0.255. The van der Waals surface area contributed by atoms with Gasteiger partial charge in [-0.3, -0.25) is 4.99 Å². The summed E-state index contributed by atoms with van der Waals surface area (Å²) in [4.78, 5) is 14.6. The van der Waals surface area contributed by atoms with E-state index in [0.717, 1.165) is 11.3 Å². The molecule has 4 heteroatoms. The number of benzene rings is 1. The standard InChI is InChI=1S/C11H12N2O2/c1-13-10(6-7-12)8-2-4-9(5-3-8)11(14)15/h2-7H,12H2,1H3,(H,14,15). The SMILES string of the molecule is CN=C(C=CN)c1ccc(C(=O)O)cc1. The van der Waals surface area contributed by atoms with Crippen molar-refractivity contribution in [2.45, 2.75) is 0 Å². The zero-order valence-electron chi connectivity index (χ0n) is 8.34. The Morgan fingerprint density at radius 1 is 1.33 bits per heavy atom. The molecule has 0 saturated carbocycles. The van der Waals surface area contributed by atoms with E-state index in [0.29, 0.717) is 0 Å². The topological polar surface area (TPSA) is 75.7 Å². The highest BCUT2D eigenvalue weighted by Crippen LogP contribution is 2.06. The van der Waals surface area contributed by atoms with Gasteiger partial charge in [0, 0.05) is 7.05 Å². The summed E-state index contributed by atoms with van der Waals surface area (Å²) in [6.07, 6.45) is 3.06. The van der Waals surface area contributed by atoms with Crippen molar-refractivity contribution in [1.29, 1.82) is 0 Å². The number of rotatable bonds is 3. The fraction of sp³-hybridized carbons (Fsp3) is 0.0909. The normalized spacial score (nSPS) is 11.9. The van der Waals surface area contributed by atoms with E-state index in [4.69, 9.17) is 10.8 Å².